The number of hydrogen-bond acceptors (Lipinski definition) is 1. The summed E-state index contributed by atoms with van der Waals surface area (Å²) >= 11 is 0. The molecule has 21 heavy (non-hydrogen) atoms. The van der Waals surface area contributed by atoms with E-state index in [4.69, 9.17) is 0 Å². The molecule has 2 unspecified atom stereocenters. The molecular formula is C20H32O. The molecule has 4 rings (SSSR count). The summed E-state index contributed by atoms with van der Waals surface area (Å²) in [4.78, 5) is 0. The Hall–Kier alpha value is -0.300. The molecule has 4 aliphatic carbocycles. The Kier molecular flexibility index (Phi) is 2.98. The molecule has 1 N–H and O–H groups in total. The van der Waals surface area contributed by atoms with Gasteiger partial charge < -0.3 is 5.11 Å². The Labute approximate surface area is 130 Å². The summed E-state index contributed by atoms with van der Waals surface area (Å²) in [6.45, 7) is 8.00. The molecule has 0 radical (unpaired) electrons. The predicted octanol–water partition coefficient (Wildman–Crippen LogP) is 4.95. The van der Waals surface area contributed by atoms with Crippen molar-refractivity contribution in [1.29, 1.82) is 0 Å². The zero-order chi connectivity index (χ0) is 14.9. The number of aliphatic hydroxyl groups excluding tert-OH is 1. The van der Waals surface area contributed by atoms with Crippen molar-refractivity contribution in [1.82, 2.24) is 0 Å². The molecule has 5 atom stereocenters. The van der Waals surface area contributed by atoms with Gasteiger partial charge in [-0.15, -0.1) is 0 Å². The average molecular weight is 288 g/mol. The van der Waals surface area contributed by atoms with Gasteiger partial charge in [-0.1, -0.05) is 33.3 Å². The fraction of sp³-hybridized carbons (Fsp3) is 0.900. The van der Waals surface area contributed by atoms with Crippen molar-refractivity contribution in [3.63, 3.8) is 0 Å². The van der Waals surface area contributed by atoms with Gasteiger partial charge in [0.1, 0.15) is 0 Å². The summed E-state index contributed by atoms with van der Waals surface area (Å²) in [6.07, 6.45) is 13.8. The number of allylic oxidation sites excluding steroid dienone is 1. The third-order valence-electron chi connectivity index (χ3n) is 8.27. The van der Waals surface area contributed by atoms with Crippen LogP contribution in [0.15, 0.2) is 11.6 Å². The lowest BCUT2D eigenvalue weighted by Crippen LogP contribution is -2.55. The monoisotopic (exact) mass is 288 g/mol. The highest BCUT2D eigenvalue weighted by Gasteiger charge is 2.61. The van der Waals surface area contributed by atoms with Crippen LogP contribution in [0.2, 0.25) is 0 Å². The molecule has 0 aliphatic heterocycles. The standard InChI is InChI=1S/C20H32O/c1-18(2)8-4-9-19(3)16(18)7-10-20-11-14(5-6-17(19)20)15(12-20)13-21/h12,14,16-17,21H,4-11,13H2,1-3H3/t14?,16-,17+,19-,20?/m1/s1. The Morgan fingerprint density at radius 3 is 2.62 bits per heavy atom. The van der Waals surface area contributed by atoms with Crippen molar-refractivity contribution in [2.75, 3.05) is 6.61 Å². The van der Waals surface area contributed by atoms with E-state index in [1.807, 2.05) is 0 Å². The van der Waals surface area contributed by atoms with Crippen LogP contribution in [0.25, 0.3) is 0 Å². The van der Waals surface area contributed by atoms with Gasteiger partial charge in [0.05, 0.1) is 6.61 Å². The van der Waals surface area contributed by atoms with Crippen molar-refractivity contribution in [2.24, 2.45) is 34.0 Å². The van der Waals surface area contributed by atoms with Crippen LogP contribution >= 0.6 is 0 Å². The van der Waals surface area contributed by atoms with Crippen LogP contribution in [0.1, 0.15) is 72.1 Å². The molecule has 4 aliphatic rings. The molecule has 2 bridgehead atoms. The van der Waals surface area contributed by atoms with Crippen molar-refractivity contribution in [2.45, 2.75) is 72.1 Å². The van der Waals surface area contributed by atoms with Crippen LogP contribution in [0, 0.1) is 34.0 Å². The van der Waals surface area contributed by atoms with E-state index in [9.17, 15) is 5.11 Å². The lowest BCUT2D eigenvalue weighted by atomic mass is 9.41. The summed E-state index contributed by atoms with van der Waals surface area (Å²) in [5.74, 6) is 2.50. The van der Waals surface area contributed by atoms with Gasteiger partial charge in [0.25, 0.3) is 0 Å². The summed E-state index contributed by atoms with van der Waals surface area (Å²) in [6, 6.07) is 0. The summed E-state index contributed by atoms with van der Waals surface area (Å²) < 4.78 is 0. The third-order valence-corrected chi connectivity index (χ3v) is 8.27. The first-order valence-electron chi connectivity index (χ1n) is 9.24. The summed E-state index contributed by atoms with van der Waals surface area (Å²) in [5, 5.41) is 9.71. The molecule has 118 valence electrons. The molecule has 0 aromatic heterocycles. The van der Waals surface area contributed by atoms with Crippen LogP contribution in [0.4, 0.5) is 0 Å². The minimum absolute atomic E-state index is 0.310. The van der Waals surface area contributed by atoms with Crippen LogP contribution in [0.3, 0.4) is 0 Å². The average Bonchev–Trinajstić information content (AvgIpc) is 2.68. The van der Waals surface area contributed by atoms with E-state index < -0.39 is 0 Å². The molecule has 3 fully saturated rings. The smallest absolute Gasteiger partial charge is 0.0644 e. The number of rotatable bonds is 1. The minimum Gasteiger partial charge on any atom is -0.392 e. The number of hydrogen-bond donors (Lipinski definition) is 1. The molecule has 1 nitrogen and oxygen atoms in total. The number of aliphatic hydroxyl groups is 1. The molecule has 0 amide bonds. The molecule has 1 heteroatoms. The highest BCUT2D eigenvalue weighted by Crippen LogP contribution is 2.70. The normalized spacial score (nSPS) is 51.0. The van der Waals surface area contributed by atoms with Gasteiger partial charge in [-0.2, -0.15) is 0 Å². The van der Waals surface area contributed by atoms with Crippen LogP contribution < -0.4 is 0 Å². The van der Waals surface area contributed by atoms with Gasteiger partial charge in [0, 0.05) is 0 Å². The SMILES string of the molecule is CC1(C)CCC[C@]2(C)[C@@H]1CCC13C=C(CO)C(CC[C@H]12)C3. The van der Waals surface area contributed by atoms with Crippen LogP contribution in [-0.2, 0) is 0 Å². The molecule has 0 saturated heterocycles. The third kappa shape index (κ3) is 1.79. The molecule has 3 saturated carbocycles. The highest BCUT2D eigenvalue weighted by molar-refractivity contribution is 5.28. The van der Waals surface area contributed by atoms with E-state index in [1.165, 1.54) is 56.9 Å². The zero-order valence-electron chi connectivity index (χ0n) is 14.1. The molecule has 0 heterocycles. The first-order valence-corrected chi connectivity index (χ1v) is 9.24. The van der Waals surface area contributed by atoms with Gasteiger partial charge >= 0.3 is 0 Å². The van der Waals surface area contributed by atoms with Crippen molar-refractivity contribution < 1.29 is 5.11 Å². The van der Waals surface area contributed by atoms with E-state index in [1.54, 1.807) is 0 Å². The van der Waals surface area contributed by atoms with Gasteiger partial charge in [-0.05, 0) is 84.5 Å². The lowest BCUT2D eigenvalue weighted by molar-refractivity contribution is -0.133. The second kappa shape index (κ2) is 4.37. The van der Waals surface area contributed by atoms with E-state index in [0.717, 1.165) is 11.8 Å². The van der Waals surface area contributed by atoms with Crippen molar-refractivity contribution in [3.8, 4) is 0 Å². The fourth-order valence-electron chi connectivity index (χ4n) is 7.55. The fourth-order valence-corrected chi connectivity index (χ4v) is 7.55. The van der Waals surface area contributed by atoms with Crippen molar-refractivity contribution >= 4 is 0 Å². The number of fused-ring (bicyclic) bond motifs is 3. The van der Waals surface area contributed by atoms with E-state index in [-0.39, 0.29) is 0 Å². The van der Waals surface area contributed by atoms with E-state index >= 15 is 0 Å². The quantitative estimate of drug-likeness (QED) is 0.677. The predicted molar refractivity (Wildman–Crippen MR) is 86.9 cm³/mol. The van der Waals surface area contributed by atoms with Gasteiger partial charge in [0.2, 0.25) is 0 Å². The molecular weight excluding hydrogens is 256 g/mol. The van der Waals surface area contributed by atoms with Gasteiger partial charge in [-0.3, -0.25) is 0 Å². The first-order chi connectivity index (χ1) is 9.91. The maximum Gasteiger partial charge on any atom is 0.0644 e. The second-order valence-electron chi connectivity index (χ2n) is 9.58. The zero-order valence-corrected chi connectivity index (χ0v) is 14.1. The van der Waals surface area contributed by atoms with Crippen LogP contribution in [0.5, 0.6) is 0 Å². The molecule has 1 spiro atoms. The maximum absolute atomic E-state index is 9.71. The van der Waals surface area contributed by atoms with Gasteiger partial charge in [-0.25, -0.2) is 0 Å². The maximum atomic E-state index is 9.71. The highest BCUT2D eigenvalue weighted by atomic mass is 16.3. The largest absolute Gasteiger partial charge is 0.392 e. The Balaban J connectivity index is 1.74. The van der Waals surface area contributed by atoms with E-state index in [2.05, 4.69) is 26.8 Å². The molecule has 0 aromatic carbocycles. The topological polar surface area (TPSA) is 20.2 Å². The minimum atomic E-state index is 0.310. The Bertz CT molecular complexity index is 476. The Morgan fingerprint density at radius 1 is 1.05 bits per heavy atom. The summed E-state index contributed by atoms with van der Waals surface area (Å²) in [7, 11) is 0. The van der Waals surface area contributed by atoms with Gasteiger partial charge in [0.15, 0.2) is 0 Å². The summed E-state index contributed by atoms with van der Waals surface area (Å²) in [5.41, 5.74) is 2.93. The lowest BCUT2D eigenvalue weighted by Gasteiger charge is -2.63. The Morgan fingerprint density at radius 2 is 1.86 bits per heavy atom. The van der Waals surface area contributed by atoms with Crippen molar-refractivity contribution in [3.05, 3.63) is 11.6 Å². The second-order valence-corrected chi connectivity index (χ2v) is 9.58. The first kappa shape index (κ1) is 14.3. The van der Waals surface area contributed by atoms with Crippen LogP contribution in [-0.4, -0.2) is 11.7 Å². The van der Waals surface area contributed by atoms with E-state index in [0.29, 0.717) is 28.8 Å². The molecule has 0 aromatic rings.